The van der Waals surface area contributed by atoms with E-state index in [0.717, 1.165) is 25.2 Å². The van der Waals surface area contributed by atoms with Gasteiger partial charge in [-0.2, -0.15) is 0 Å². The maximum absolute atomic E-state index is 13.3. The van der Waals surface area contributed by atoms with Gasteiger partial charge in [0.05, 0.1) is 12.2 Å². The van der Waals surface area contributed by atoms with Gasteiger partial charge in [-0.25, -0.2) is 0 Å². The highest BCUT2D eigenvalue weighted by Gasteiger charge is 2.27. The highest BCUT2D eigenvalue weighted by Crippen LogP contribution is 2.34. The number of fused-ring (bicyclic) bond motifs is 1. The first-order valence-electron chi connectivity index (χ1n) is 12.9. The predicted molar refractivity (Wildman–Crippen MR) is 147 cm³/mol. The minimum Gasteiger partial charge on any atom is -0.482 e. The lowest BCUT2D eigenvalue weighted by molar-refractivity contribution is -0.121. The van der Waals surface area contributed by atoms with Crippen LogP contribution >= 0.6 is 0 Å². The van der Waals surface area contributed by atoms with E-state index in [2.05, 4.69) is 29.2 Å². The number of amides is 2. The Bertz CT molecular complexity index is 1360. The van der Waals surface area contributed by atoms with E-state index in [4.69, 9.17) is 4.74 Å². The van der Waals surface area contributed by atoms with Crippen molar-refractivity contribution in [3.05, 3.63) is 101 Å². The molecule has 2 aliphatic heterocycles. The molecule has 2 aliphatic rings. The topological polar surface area (TPSA) is 70.2 Å². The van der Waals surface area contributed by atoms with Crippen molar-refractivity contribution in [1.82, 2.24) is 9.80 Å². The van der Waals surface area contributed by atoms with Crippen LogP contribution in [0.5, 0.6) is 5.75 Å². The van der Waals surface area contributed by atoms with E-state index >= 15 is 0 Å². The number of nitrogens with zero attached hydrogens (tertiary/aromatic N) is 3. The number of benzene rings is 3. The summed E-state index contributed by atoms with van der Waals surface area (Å²) in [6.07, 6.45) is 4.29. The van der Waals surface area contributed by atoms with E-state index in [-0.39, 0.29) is 24.2 Å². The smallest absolute Gasteiger partial charge is 0.265 e. The van der Waals surface area contributed by atoms with Gasteiger partial charge in [0.1, 0.15) is 5.75 Å². The summed E-state index contributed by atoms with van der Waals surface area (Å²) >= 11 is 0. The Morgan fingerprint density at radius 3 is 2.45 bits per heavy atom. The first-order valence-corrected chi connectivity index (χ1v) is 12.9. The first-order chi connectivity index (χ1) is 18.5. The van der Waals surface area contributed by atoms with Gasteiger partial charge in [0.15, 0.2) is 12.4 Å². The van der Waals surface area contributed by atoms with E-state index in [9.17, 15) is 14.4 Å². The monoisotopic (exact) mass is 509 g/mol. The molecule has 194 valence electrons. The molecule has 5 rings (SSSR count). The van der Waals surface area contributed by atoms with Crippen LogP contribution in [0.15, 0.2) is 78.9 Å². The molecule has 0 spiro atoms. The molecule has 3 aromatic rings. The van der Waals surface area contributed by atoms with Crippen molar-refractivity contribution in [2.45, 2.75) is 13.5 Å². The number of carbonyl (C=O) groups is 3. The van der Waals surface area contributed by atoms with Crippen molar-refractivity contribution in [2.75, 3.05) is 44.2 Å². The molecule has 0 unspecified atom stereocenters. The van der Waals surface area contributed by atoms with Gasteiger partial charge in [0.25, 0.3) is 11.8 Å². The zero-order valence-electron chi connectivity index (χ0n) is 21.5. The summed E-state index contributed by atoms with van der Waals surface area (Å²) in [6, 6.07) is 22.8. The number of carbonyl (C=O) groups excluding carboxylic acids is 3. The Hall–Kier alpha value is -4.23. The zero-order valence-corrected chi connectivity index (χ0v) is 21.5. The van der Waals surface area contributed by atoms with Gasteiger partial charge in [-0.05, 0) is 48.4 Å². The fourth-order valence-electron chi connectivity index (χ4n) is 4.80. The lowest BCUT2D eigenvalue weighted by Crippen LogP contribution is -2.48. The molecular weight excluding hydrogens is 478 g/mol. The second-order valence-electron chi connectivity index (χ2n) is 9.61. The minimum absolute atomic E-state index is 0.00102. The largest absolute Gasteiger partial charge is 0.482 e. The maximum atomic E-state index is 13.3. The predicted octanol–water partition coefficient (Wildman–Crippen LogP) is 4.29. The summed E-state index contributed by atoms with van der Waals surface area (Å²) in [5, 5.41) is 0. The van der Waals surface area contributed by atoms with Crippen molar-refractivity contribution < 1.29 is 19.1 Å². The highest BCUT2D eigenvalue weighted by molar-refractivity contribution is 6.01. The quantitative estimate of drug-likeness (QED) is 0.445. The van der Waals surface area contributed by atoms with Gasteiger partial charge in [0, 0.05) is 43.9 Å². The number of ketones is 1. The lowest BCUT2D eigenvalue weighted by atomic mass is 10.1. The molecule has 1 fully saturated rings. The number of hydrogen-bond donors (Lipinski definition) is 0. The van der Waals surface area contributed by atoms with Crippen molar-refractivity contribution in [1.29, 1.82) is 0 Å². The third-order valence-corrected chi connectivity index (χ3v) is 6.96. The van der Waals surface area contributed by atoms with Gasteiger partial charge in [-0.3, -0.25) is 19.3 Å². The fraction of sp³-hybridized carbons (Fsp3) is 0.258. The molecule has 2 heterocycles. The third-order valence-electron chi connectivity index (χ3n) is 6.96. The lowest BCUT2D eigenvalue weighted by Gasteiger charge is -2.34. The zero-order chi connectivity index (χ0) is 26.5. The summed E-state index contributed by atoms with van der Waals surface area (Å²) < 4.78 is 5.56. The van der Waals surface area contributed by atoms with Crippen molar-refractivity contribution in [3.8, 4) is 5.75 Å². The minimum atomic E-state index is -0.188. The summed E-state index contributed by atoms with van der Waals surface area (Å²) in [4.78, 5) is 43.8. The molecule has 0 aromatic heterocycles. The molecule has 2 amide bonds. The standard InChI is InChI=1S/C31H31N3O4/c1-23(35)26-12-13-29-28(20-26)34(30(36)22-38-29)21-25-9-5-11-27(19-25)31(37)33-17-15-32(16-18-33)14-6-10-24-7-3-2-4-8-24/h2-13,19-20H,14-18,21-22H2,1H3/b10-6+. The second kappa shape index (κ2) is 11.4. The number of hydrogen-bond acceptors (Lipinski definition) is 5. The normalized spacial score (nSPS) is 15.9. The van der Waals surface area contributed by atoms with Crippen LogP contribution in [0.1, 0.15) is 38.8 Å². The Kier molecular flexibility index (Phi) is 7.65. The average Bonchev–Trinajstić information content (AvgIpc) is 2.95. The van der Waals surface area contributed by atoms with Crippen LogP contribution in [0.3, 0.4) is 0 Å². The van der Waals surface area contributed by atoms with E-state index in [1.54, 1.807) is 23.1 Å². The molecule has 38 heavy (non-hydrogen) atoms. The highest BCUT2D eigenvalue weighted by atomic mass is 16.5. The Labute approximate surface area is 222 Å². The van der Waals surface area contributed by atoms with Gasteiger partial charge >= 0.3 is 0 Å². The van der Waals surface area contributed by atoms with Crippen LogP contribution in [0, 0.1) is 0 Å². The molecule has 0 aliphatic carbocycles. The second-order valence-corrected chi connectivity index (χ2v) is 9.61. The number of ether oxygens (including phenoxy) is 1. The van der Waals surface area contributed by atoms with Crippen molar-refractivity contribution in [2.24, 2.45) is 0 Å². The Morgan fingerprint density at radius 2 is 1.68 bits per heavy atom. The van der Waals surface area contributed by atoms with Crippen LogP contribution in [0.25, 0.3) is 6.08 Å². The van der Waals surface area contributed by atoms with E-state index in [1.807, 2.05) is 47.4 Å². The van der Waals surface area contributed by atoms with E-state index < -0.39 is 0 Å². The molecule has 0 bridgehead atoms. The Morgan fingerprint density at radius 1 is 0.895 bits per heavy atom. The molecule has 3 aromatic carbocycles. The third kappa shape index (κ3) is 5.84. The van der Waals surface area contributed by atoms with Crippen LogP contribution in [-0.4, -0.2) is 66.7 Å². The molecule has 0 N–H and O–H groups in total. The van der Waals surface area contributed by atoms with Gasteiger partial charge < -0.3 is 14.5 Å². The fourth-order valence-corrected chi connectivity index (χ4v) is 4.80. The number of anilines is 1. The van der Waals surface area contributed by atoms with Gasteiger partial charge in [-0.15, -0.1) is 0 Å². The van der Waals surface area contributed by atoms with Crippen LogP contribution in [-0.2, 0) is 11.3 Å². The molecule has 0 saturated carbocycles. The number of piperazine rings is 1. The van der Waals surface area contributed by atoms with E-state index in [0.29, 0.717) is 42.2 Å². The summed E-state index contributed by atoms with van der Waals surface area (Å²) in [5.41, 5.74) is 3.73. The molecule has 0 radical (unpaired) electrons. The Balaban J connectivity index is 1.22. The summed E-state index contributed by atoms with van der Waals surface area (Å²) in [5.74, 6) is 0.301. The van der Waals surface area contributed by atoms with Gasteiger partial charge in [-0.1, -0.05) is 54.6 Å². The van der Waals surface area contributed by atoms with Crippen LogP contribution < -0.4 is 9.64 Å². The molecule has 1 saturated heterocycles. The molecule has 7 nitrogen and oxygen atoms in total. The van der Waals surface area contributed by atoms with Crippen LogP contribution in [0.2, 0.25) is 0 Å². The van der Waals surface area contributed by atoms with E-state index in [1.165, 1.54) is 12.5 Å². The average molecular weight is 510 g/mol. The van der Waals surface area contributed by atoms with Crippen LogP contribution in [0.4, 0.5) is 5.69 Å². The molecule has 0 atom stereocenters. The molecular formula is C31H31N3O4. The SMILES string of the molecule is CC(=O)c1ccc2c(c1)N(Cc1cccc(C(=O)N3CCN(C/C=C/c4ccccc4)CC3)c1)C(=O)CO2. The number of rotatable bonds is 7. The van der Waals surface area contributed by atoms with Crippen molar-refractivity contribution in [3.63, 3.8) is 0 Å². The van der Waals surface area contributed by atoms with Gasteiger partial charge in [0.2, 0.25) is 0 Å². The molecule has 7 heteroatoms. The summed E-state index contributed by atoms with van der Waals surface area (Å²) in [7, 11) is 0. The number of Topliss-reactive ketones (excluding diaryl/α,β-unsaturated/α-hetero) is 1. The summed E-state index contributed by atoms with van der Waals surface area (Å²) in [6.45, 7) is 5.57. The van der Waals surface area contributed by atoms with Crippen molar-refractivity contribution >= 4 is 29.4 Å². The maximum Gasteiger partial charge on any atom is 0.265 e. The first kappa shape index (κ1) is 25.4.